The number of hydrogen-bond acceptors (Lipinski definition) is 6. The number of hydrogen-bond donors (Lipinski definition) is 1. The molecule has 24 heavy (non-hydrogen) atoms. The number of fused-ring (bicyclic) bond motifs is 1. The maximum atomic E-state index is 5.47. The average Bonchev–Trinajstić information content (AvgIpc) is 2.84. The van der Waals surface area contributed by atoms with Crippen LogP contribution in [-0.2, 0) is 11.3 Å². The Labute approximate surface area is 148 Å². The van der Waals surface area contributed by atoms with Gasteiger partial charge in [0.1, 0.15) is 10.7 Å². The molecule has 0 unspecified atom stereocenters. The smallest absolute Gasteiger partial charge is 0.127 e. The first-order valence-corrected chi connectivity index (χ1v) is 9.47. The van der Waals surface area contributed by atoms with Crippen molar-refractivity contribution in [3.05, 3.63) is 22.0 Å². The Bertz CT molecular complexity index is 719. The van der Waals surface area contributed by atoms with E-state index in [2.05, 4.69) is 47.9 Å². The standard InChI is InChI=1S/C18H28N4OS/c1-12-15(24-17-16(12)13(2)20-14(3)21-17)10-19-11-18(4,5)22-6-8-23-9-7-22/h19H,6-11H2,1-5H3. The summed E-state index contributed by atoms with van der Waals surface area (Å²) in [4.78, 5) is 14.1. The van der Waals surface area contributed by atoms with E-state index in [0.717, 1.165) is 55.7 Å². The zero-order chi connectivity index (χ0) is 17.3. The minimum atomic E-state index is 0.140. The van der Waals surface area contributed by atoms with Gasteiger partial charge in [-0.2, -0.15) is 0 Å². The minimum absolute atomic E-state index is 0.140. The summed E-state index contributed by atoms with van der Waals surface area (Å²) in [6.07, 6.45) is 0. The van der Waals surface area contributed by atoms with E-state index in [4.69, 9.17) is 4.74 Å². The van der Waals surface area contributed by atoms with Crippen molar-refractivity contribution in [2.45, 2.75) is 46.7 Å². The number of morpholine rings is 1. The summed E-state index contributed by atoms with van der Waals surface area (Å²) in [6, 6.07) is 0. The highest BCUT2D eigenvalue weighted by molar-refractivity contribution is 7.18. The molecule has 2 aromatic heterocycles. The predicted octanol–water partition coefficient (Wildman–Crippen LogP) is 2.82. The van der Waals surface area contributed by atoms with Crippen LogP contribution in [0.4, 0.5) is 0 Å². The summed E-state index contributed by atoms with van der Waals surface area (Å²) in [5, 5.41) is 4.89. The molecule has 0 saturated carbocycles. The lowest BCUT2D eigenvalue weighted by Gasteiger charge is -2.41. The fourth-order valence-electron chi connectivity index (χ4n) is 3.45. The number of aryl methyl sites for hydroxylation is 3. The summed E-state index contributed by atoms with van der Waals surface area (Å²) in [6.45, 7) is 16.4. The van der Waals surface area contributed by atoms with Crippen molar-refractivity contribution >= 4 is 21.6 Å². The van der Waals surface area contributed by atoms with Crippen molar-refractivity contribution in [2.24, 2.45) is 0 Å². The van der Waals surface area contributed by atoms with Crippen LogP contribution in [0, 0.1) is 20.8 Å². The second kappa shape index (κ2) is 7.04. The molecule has 6 heteroatoms. The van der Waals surface area contributed by atoms with E-state index in [0.29, 0.717) is 0 Å². The fourth-order valence-corrected chi connectivity index (χ4v) is 4.69. The van der Waals surface area contributed by atoms with Crippen molar-refractivity contribution in [3.8, 4) is 0 Å². The second-order valence-corrected chi connectivity index (χ2v) is 8.29. The number of nitrogens with zero attached hydrogens (tertiary/aromatic N) is 3. The average molecular weight is 349 g/mol. The van der Waals surface area contributed by atoms with Gasteiger partial charge in [0.2, 0.25) is 0 Å². The highest BCUT2D eigenvalue weighted by Crippen LogP contribution is 2.31. The highest BCUT2D eigenvalue weighted by Gasteiger charge is 2.27. The van der Waals surface area contributed by atoms with E-state index in [-0.39, 0.29) is 5.54 Å². The van der Waals surface area contributed by atoms with Crippen LogP contribution in [0.2, 0.25) is 0 Å². The van der Waals surface area contributed by atoms with E-state index >= 15 is 0 Å². The maximum absolute atomic E-state index is 5.47. The quantitative estimate of drug-likeness (QED) is 0.900. The van der Waals surface area contributed by atoms with E-state index in [1.807, 2.05) is 6.92 Å². The molecule has 0 atom stereocenters. The second-order valence-electron chi connectivity index (χ2n) is 7.20. The molecule has 2 aromatic rings. The van der Waals surface area contributed by atoms with Gasteiger partial charge >= 0.3 is 0 Å². The molecule has 1 N–H and O–H groups in total. The Kier molecular flexibility index (Phi) is 5.20. The normalized spacial score (nSPS) is 16.9. The molecule has 0 aliphatic carbocycles. The van der Waals surface area contributed by atoms with Crippen molar-refractivity contribution in [2.75, 3.05) is 32.8 Å². The first-order chi connectivity index (χ1) is 11.4. The van der Waals surface area contributed by atoms with Crippen molar-refractivity contribution in [3.63, 3.8) is 0 Å². The van der Waals surface area contributed by atoms with E-state index in [1.54, 1.807) is 11.3 Å². The van der Waals surface area contributed by atoms with Gasteiger partial charge in [0.15, 0.2) is 0 Å². The Morgan fingerprint density at radius 3 is 2.58 bits per heavy atom. The van der Waals surface area contributed by atoms with Crippen LogP contribution >= 0.6 is 11.3 Å². The number of ether oxygens (including phenoxy) is 1. The molecular formula is C18H28N4OS. The Balaban J connectivity index is 1.67. The minimum Gasteiger partial charge on any atom is -0.379 e. The predicted molar refractivity (Wildman–Crippen MR) is 99.8 cm³/mol. The fraction of sp³-hybridized carbons (Fsp3) is 0.667. The molecule has 5 nitrogen and oxygen atoms in total. The zero-order valence-corrected chi connectivity index (χ0v) is 16.2. The summed E-state index contributed by atoms with van der Waals surface area (Å²) < 4.78 is 5.47. The van der Waals surface area contributed by atoms with Gasteiger partial charge in [0.05, 0.1) is 13.2 Å². The molecule has 0 bridgehead atoms. The molecule has 0 amide bonds. The lowest BCUT2D eigenvalue weighted by atomic mass is 10.0. The summed E-state index contributed by atoms with van der Waals surface area (Å²) in [7, 11) is 0. The van der Waals surface area contributed by atoms with Crippen LogP contribution in [0.3, 0.4) is 0 Å². The SMILES string of the molecule is Cc1nc(C)c2c(C)c(CNCC(C)(C)N3CCOCC3)sc2n1. The van der Waals surface area contributed by atoms with E-state index < -0.39 is 0 Å². The van der Waals surface area contributed by atoms with Crippen molar-refractivity contribution < 1.29 is 4.74 Å². The van der Waals surface area contributed by atoms with Crippen molar-refractivity contribution in [1.82, 2.24) is 20.2 Å². The molecule has 1 aliphatic rings. The molecule has 1 fully saturated rings. The third-order valence-corrected chi connectivity index (χ3v) is 6.08. The van der Waals surface area contributed by atoms with Crippen LogP contribution in [0.25, 0.3) is 10.2 Å². The van der Waals surface area contributed by atoms with Gasteiger partial charge in [-0.05, 0) is 40.2 Å². The van der Waals surface area contributed by atoms with Crippen molar-refractivity contribution in [1.29, 1.82) is 0 Å². The summed E-state index contributed by atoms with van der Waals surface area (Å²) in [5.74, 6) is 0.856. The number of thiophene rings is 1. The van der Waals surface area contributed by atoms with Crippen LogP contribution < -0.4 is 5.32 Å². The molecule has 3 rings (SSSR count). The molecule has 0 radical (unpaired) electrons. The van der Waals surface area contributed by atoms with E-state index in [9.17, 15) is 0 Å². The Hall–Kier alpha value is -1.08. The third-order valence-electron chi connectivity index (χ3n) is 4.89. The van der Waals surface area contributed by atoms with Gasteiger partial charge in [-0.3, -0.25) is 4.90 Å². The van der Waals surface area contributed by atoms with Crippen LogP contribution in [0.1, 0.15) is 35.8 Å². The van der Waals surface area contributed by atoms with Crippen LogP contribution in [0.5, 0.6) is 0 Å². The van der Waals surface area contributed by atoms with Crippen LogP contribution in [-0.4, -0.2) is 53.3 Å². The Morgan fingerprint density at radius 1 is 1.17 bits per heavy atom. The molecule has 1 aliphatic heterocycles. The van der Waals surface area contributed by atoms with Gasteiger partial charge in [0, 0.05) is 47.7 Å². The summed E-state index contributed by atoms with van der Waals surface area (Å²) >= 11 is 1.79. The number of nitrogens with one attached hydrogen (secondary N) is 1. The monoisotopic (exact) mass is 348 g/mol. The largest absolute Gasteiger partial charge is 0.379 e. The summed E-state index contributed by atoms with van der Waals surface area (Å²) in [5.41, 5.74) is 2.55. The highest BCUT2D eigenvalue weighted by atomic mass is 32.1. The molecule has 0 spiro atoms. The molecule has 0 aromatic carbocycles. The molecule has 132 valence electrons. The zero-order valence-electron chi connectivity index (χ0n) is 15.4. The Morgan fingerprint density at radius 2 is 1.88 bits per heavy atom. The van der Waals surface area contributed by atoms with E-state index in [1.165, 1.54) is 15.8 Å². The lowest BCUT2D eigenvalue weighted by Crippen LogP contribution is -2.54. The van der Waals surface area contributed by atoms with Gasteiger partial charge in [-0.15, -0.1) is 11.3 Å². The molecule has 1 saturated heterocycles. The van der Waals surface area contributed by atoms with Gasteiger partial charge < -0.3 is 10.1 Å². The van der Waals surface area contributed by atoms with Gasteiger partial charge in [-0.25, -0.2) is 9.97 Å². The first-order valence-electron chi connectivity index (χ1n) is 8.65. The third kappa shape index (κ3) is 3.61. The van der Waals surface area contributed by atoms with Gasteiger partial charge in [-0.1, -0.05) is 0 Å². The first kappa shape index (κ1) is 17.7. The lowest BCUT2D eigenvalue weighted by molar-refractivity contribution is -0.00965. The number of aromatic nitrogens is 2. The van der Waals surface area contributed by atoms with Gasteiger partial charge in [0.25, 0.3) is 0 Å². The topological polar surface area (TPSA) is 50.3 Å². The van der Waals surface area contributed by atoms with Crippen LogP contribution in [0.15, 0.2) is 0 Å². The molecular weight excluding hydrogens is 320 g/mol. The molecule has 3 heterocycles. The number of rotatable bonds is 5. The maximum Gasteiger partial charge on any atom is 0.127 e.